The number of carbonyl (C=O) groups excluding carboxylic acids is 1. The van der Waals surface area contributed by atoms with Crippen molar-refractivity contribution in [2.45, 2.75) is 20.3 Å². The zero-order valence-corrected chi connectivity index (χ0v) is 13.4. The van der Waals surface area contributed by atoms with Crippen molar-refractivity contribution < 1.29 is 15.0 Å². The van der Waals surface area contributed by atoms with Crippen LogP contribution in [0.4, 0.5) is 0 Å². The number of rotatable bonds is 5. The van der Waals surface area contributed by atoms with Gasteiger partial charge in [0.05, 0.1) is 5.56 Å². The molecule has 0 amide bonds. The van der Waals surface area contributed by atoms with E-state index < -0.39 is 0 Å². The van der Waals surface area contributed by atoms with Crippen molar-refractivity contribution in [3.8, 4) is 11.5 Å². The van der Waals surface area contributed by atoms with Gasteiger partial charge in [-0.1, -0.05) is 49.0 Å². The summed E-state index contributed by atoms with van der Waals surface area (Å²) in [6, 6.07) is 3.98. The number of aromatic hydroxyl groups is 2. The first kappa shape index (κ1) is 16.8. The predicted octanol–water partition coefficient (Wildman–Crippen LogP) is 4.55. The summed E-state index contributed by atoms with van der Waals surface area (Å²) >= 11 is 0. The second-order valence-electron chi connectivity index (χ2n) is 5.73. The molecule has 1 aliphatic carbocycles. The summed E-state index contributed by atoms with van der Waals surface area (Å²) < 4.78 is 0. The van der Waals surface area contributed by atoms with Gasteiger partial charge in [-0.15, -0.1) is 0 Å². The lowest BCUT2D eigenvalue weighted by Gasteiger charge is -2.19. The van der Waals surface area contributed by atoms with Gasteiger partial charge in [0.1, 0.15) is 11.5 Å². The first-order valence-corrected chi connectivity index (χ1v) is 7.76. The van der Waals surface area contributed by atoms with Crippen LogP contribution in [0.2, 0.25) is 0 Å². The van der Waals surface area contributed by atoms with E-state index >= 15 is 0 Å². The molecule has 0 aromatic heterocycles. The van der Waals surface area contributed by atoms with Gasteiger partial charge < -0.3 is 10.2 Å². The fourth-order valence-corrected chi connectivity index (χ4v) is 2.64. The third-order valence-electron chi connectivity index (χ3n) is 3.95. The van der Waals surface area contributed by atoms with Gasteiger partial charge in [0.2, 0.25) is 0 Å². The first-order chi connectivity index (χ1) is 11.0. The Kier molecular flexibility index (Phi) is 5.58. The van der Waals surface area contributed by atoms with Crippen LogP contribution in [-0.4, -0.2) is 16.0 Å². The van der Waals surface area contributed by atoms with E-state index in [-0.39, 0.29) is 28.8 Å². The van der Waals surface area contributed by atoms with Crippen LogP contribution < -0.4 is 0 Å². The molecule has 2 atom stereocenters. The van der Waals surface area contributed by atoms with Crippen LogP contribution in [0.25, 0.3) is 0 Å². The van der Waals surface area contributed by atoms with Crippen LogP contribution >= 0.6 is 0 Å². The lowest BCUT2D eigenvalue weighted by Crippen LogP contribution is -2.06. The van der Waals surface area contributed by atoms with Crippen molar-refractivity contribution in [1.82, 2.24) is 0 Å². The molecular formula is C20H22O3. The number of carbonyl (C=O) groups is 1. The van der Waals surface area contributed by atoms with Crippen molar-refractivity contribution in [2.75, 3.05) is 0 Å². The Morgan fingerprint density at radius 3 is 2.83 bits per heavy atom. The molecule has 0 bridgehead atoms. The molecule has 2 rings (SSSR count). The minimum atomic E-state index is -0.270. The van der Waals surface area contributed by atoms with Gasteiger partial charge in [0.15, 0.2) is 5.78 Å². The predicted molar refractivity (Wildman–Crippen MR) is 92.6 cm³/mol. The molecule has 2 unspecified atom stereocenters. The zero-order chi connectivity index (χ0) is 16.8. The maximum absolute atomic E-state index is 12.2. The number of phenolic OH excluding ortho intramolecular Hbond substituents is 2. The molecule has 2 N–H and O–H groups in total. The molecule has 0 fully saturated rings. The largest absolute Gasteiger partial charge is 0.508 e. The molecule has 120 valence electrons. The van der Waals surface area contributed by atoms with E-state index in [4.69, 9.17) is 0 Å². The highest BCUT2D eigenvalue weighted by Gasteiger charge is 2.14. The van der Waals surface area contributed by atoms with E-state index in [9.17, 15) is 15.0 Å². The molecule has 1 aliphatic rings. The summed E-state index contributed by atoms with van der Waals surface area (Å²) in [7, 11) is 0. The maximum Gasteiger partial charge on any atom is 0.189 e. The molecule has 0 radical (unpaired) electrons. The molecule has 23 heavy (non-hydrogen) atoms. The van der Waals surface area contributed by atoms with E-state index in [1.54, 1.807) is 0 Å². The van der Waals surface area contributed by atoms with Crippen molar-refractivity contribution in [2.24, 2.45) is 11.8 Å². The molecule has 0 spiro atoms. The molecular weight excluding hydrogens is 288 g/mol. The highest BCUT2D eigenvalue weighted by Crippen LogP contribution is 2.27. The van der Waals surface area contributed by atoms with Gasteiger partial charge in [-0.2, -0.15) is 0 Å². The van der Waals surface area contributed by atoms with Gasteiger partial charge in [0, 0.05) is 6.07 Å². The molecule has 1 aromatic carbocycles. The second kappa shape index (κ2) is 7.63. The summed E-state index contributed by atoms with van der Waals surface area (Å²) in [5.41, 5.74) is 1.53. The maximum atomic E-state index is 12.2. The smallest absolute Gasteiger partial charge is 0.189 e. The highest BCUT2D eigenvalue weighted by atomic mass is 16.3. The average Bonchev–Trinajstić information content (AvgIpc) is 2.53. The summed E-state index contributed by atoms with van der Waals surface area (Å²) in [6.07, 6.45) is 14.7. The number of hydrogen-bond acceptors (Lipinski definition) is 3. The van der Waals surface area contributed by atoms with Crippen LogP contribution in [0.5, 0.6) is 11.5 Å². The first-order valence-electron chi connectivity index (χ1n) is 7.76. The van der Waals surface area contributed by atoms with Crippen LogP contribution in [0, 0.1) is 11.8 Å². The van der Waals surface area contributed by atoms with Crippen LogP contribution in [0.15, 0.2) is 66.3 Å². The van der Waals surface area contributed by atoms with E-state index in [2.05, 4.69) is 25.2 Å². The van der Waals surface area contributed by atoms with Gasteiger partial charge in [-0.3, -0.25) is 4.79 Å². The van der Waals surface area contributed by atoms with Crippen molar-refractivity contribution in [1.29, 1.82) is 0 Å². The summed E-state index contributed by atoms with van der Waals surface area (Å²) in [6.45, 7) is 4.17. The number of allylic oxidation sites excluding steroid dienone is 8. The number of ketones is 1. The fraction of sp³-hybridized carbons (Fsp3) is 0.250. The minimum Gasteiger partial charge on any atom is -0.508 e. The third kappa shape index (κ3) is 4.46. The summed E-state index contributed by atoms with van der Waals surface area (Å²) in [5.74, 6) is 0.0178. The van der Waals surface area contributed by atoms with Gasteiger partial charge in [-0.25, -0.2) is 0 Å². The van der Waals surface area contributed by atoms with Gasteiger partial charge in [-0.05, 0) is 43.4 Å². The Bertz CT molecular complexity index is 693. The van der Waals surface area contributed by atoms with Crippen molar-refractivity contribution >= 4 is 5.78 Å². The van der Waals surface area contributed by atoms with Gasteiger partial charge in [0.25, 0.3) is 0 Å². The average molecular weight is 310 g/mol. The monoisotopic (exact) mass is 310 g/mol. The topological polar surface area (TPSA) is 57.5 Å². The van der Waals surface area contributed by atoms with Crippen LogP contribution in [0.3, 0.4) is 0 Å². The molecule has 0 heterocycles. The Labute approximate surface area is 137 Å². The summed E-state index contributed by atoms with van der Waals surface area (Å²) in [5, 5.41) is 19.0. The molecule has 1 aromatic rings. The summed E-state index contributed by atoms with van der Waals surface area (Å²) in [4.78, 5) is 12.2. The second-order valence-corrected chi connectivity index (χ2v) is 5.73. The van der Waals surface area contributed by atoms with E-state index in [1.165, 1.54) is 29.8 Å². The number of benzene rings is 1. The molecule has 0 saturated carbocycles. The third-order valence-corrected chi connectivity index (χ3v) is 3.95. The Morgan fingerprint density at radius 1 is 1.35 bits per heavy atom. The zero-order valence-electron chi connectivity index (χ0n) is 13.4. The van der Waals surface area contributed by atoms with Gasteiger partial charge >= 0.3 is 0 Å². The molecule has 3 heteroatoms. The van der Waals surface area contributed by atoms with E-state index in [0.717, 1.165) is 6.42 Å². The minimum absolute atomic E-state index is 0.0639. The SMILES string of the molecule is CC=CC(C)C1=CC=CC(/C=C/C(=O)c2ccc(O)cc2O)C1. The Balaban J connectivity index is 2.05. The quantitative estimate of drug-likeness (QED) is 0.476. The standard InChI is InChI=1S/C20H22O3/c1-3-5-14(2)16-7-4-6-15(12-16)8-11-19(22)18-10-9-17(21)13-20(18)23/h3-11,13-15,21,23H,12H2,1-2H3/b5-3?,11-8+. The van der Waals surface area contributed by atoms with Crippen LogP contribution in [-0.2, 0) is 0 Å². The normalized spacial score (nSPS) is 19.2. The van der Waals surface area contributed by atoms with E-state index in [0.29, 0.717) is 5.92 Å². The molecule has 0 saturated heterocycles. The molecule has 0 aliphatic heterocycles. The Hall–Kier alpha value is -2.55. The number of hydrogen-bond donors (Lipinski definition) is 2. The fourth-order valence-electron chi connectivity index (χ4n) is 2.64. The van der Waals surface area contributed by atoms with Crippen molar-refractivity contribution in [3.05, 3.63) is 71.9 Å². The Morgan fingerprint density at radius 2 is 2.13 bits per heavy atom. The lowest BCUT2D eigenvalue weighted by molar-refractivity contribution is 0.104. The number of phenols is 2. The van der Waals surface area contributed by atoms with Crippen LogP contribution in [0.1, 0.15) is 30.6 Å². The highest BCUT2D eigenvalue weighted by molar-refractivity contribution is 6.06. The lowest BCUT2D eigenvalue weighted by atomic mass is 9.86. The molecule has 3 nitrogen and oxygen atoms in total. The van der Waals surface area contributed by atoms with Crippen molar-refractivity contribution in [3.63, 3.8) is 0 Å². The van der Waals surface area contributed by atoms with E-state index in [1.807, 2.05) is 25.2 Å².